The van der Waals surface area contributed by atoms with Gasteiger partial charge >= 0.3 is 12.2 Å². The molecule has 2 aliphatic heterocycles. The van der Waals surface area contributed by atoms with Crippen molar-refractivity contribution in [2.75, 3.05) is 5.32 Å². The SMILES string of the molecule is CC[C@@H]1CC2=C[C@](c3nnc(C)o3)(C1)N2C(=O)Nc1ccc(C(F)(F)F)c(-c2ncc(F)cn2)c1. The summed E-state index contributed by atoms with van der Waals surface area (Å²) in [7, 11) is 0. The second-order valence-corrected chi connectivity index (χ2v) is 8.62. The van der Waals surface area contributed by atoms with Crippen LogP contribution in [-0.4, -0.2) is 31.1 Å². The summed E-state index contributed by atoms with van der Waals surface area (Å²) < 4.78 is 59.7. The van der Waals surface area contributed by atoms with Gasteiger partial charge in [0.1, 0.15) is 5.54 Å². The van der Waals surface area contributed by atoms with Gasteiger partial charge in [0.15, 0.2) is 11.6 Å². The van der Waals surface area contributed by atoms with E-state index in [1.165, 1.54) is 4.90 Å². The quantitative estimate of drug-likeness (QED) is 0.491. The van der Waals surface area contributed by atoms with E-state index in [1.807, 2.05) is 6.08 Å². The average molecular weight is 488 g/mol. The number of piperidine rings is 1. The van der Waals surface area contributed by atoms with Crippen LogP contribution in [0.4, 0.5) is 28.0 Å². The number of aromatic nitrogens is 4. The molecule has 2 aromatic heterocycles. The summed E-state index contributed by atoms with van der Waals surface area (Å²) in [6, 6.07) is 2.56. The second-order valence-electron chi connectivity index (χ2n) is 8.62. The number of hydrogen-bond donors (Lipinski definition) is 1. The molecule has 6 rings (SSSR count). The van der Waals surface area contributed by atoms with Crippen molar-refractivity contribution in [1.82, 2.24) is 25.1 Å². The average Bonchev–Trinajstić information content (AvgIpc) is 3.25. The van der Waals surface area contributed by atoms with Crippen LogP contribution in [0.2, 0.25) is 0 Å². The van der Waals surface area contributed by atoms with E-state index in [1.54, 1.807) is 6.92 Å². The van der Waals surface area contributed by atoms with Crippen molar-refractivity contribution in [3.63, 3.8) is 0 Å². The molecule has 0 radical (unpaired) electrons. The number of allylic oxidation sites excluding steroid dienone is 1. The first-order valence-corrected chi connectivity index (χ1v) is 10.9. The van der Waals surface area contributed by atoms with Crippen LogP contribution in [0, 0.1) is 18.7 Å². The number of benzene rings is 1. The summed E-state index contributed by atoms with van der Waals surface area (Å²) in [5.74, 6) is -0.125. The number of halogens is 4. The van der Waals surface area contributed by atoms with Gasteiger partial charge in [0, 0.05) is 23.9 Å². The summed E-state index contributed by atoms with van der Waals surface area (Å²) >= 11 is 0. The molecular formula is C23H20F4N6O2. The number of amides is 2. The molecule has 3 aliphatic rings. The van der Waals surface area contributed by atoms with Crippen LogP contribution in [0.3, 0.4) is 0 Å². The first kappa shape index (κ1) is 22.9. The Bertz CT molecular complexity index is 1320. The highest BCUT2D eigenvalue weighted by molar-refractivity contribution is 5.93. The summed E-state index contributed by atoms with van der Waals surface area (Å²) in [6.45, 7) is 3.72. The molecule has 3 aromatic rings. The summed E-state index contributed by atoms with van der Waals surface area (Å²) in [5, 5.41) is 10.7. The smallest absolute Gasteiger partial charge is 0.417 e. The van der Waals surface area contributed by atoms with E-state index in [4.69, 9.17) is 4.42 Å². The molecule has 2 atom stereocenters. The van der Waals surface area contributed by atoms with Crippen LogP contribution in [0.5, 0.6) is 0 Å². The van der Waals surface area contributed by atoms with Gasteiger partial charge in [0.2, 0.25) is 11.8 Å². The fraction of sp³-hybridized carbons (Fsp3) is 0.348. The molecule has 1 N–H and O–H groups in total. The number of carbonyl (C=O) groups excluding carboxylic acids is 1. The van der Waals surface area contributed by atoms with E-state index in [-0.39, 0.29) is 17.1 Å². The molecule has 0 unspecified atom stereocenters. The zero-order valence-corrected chi connectivity index (χ0v) is 18.7. The zero-order valence-electron chi connectivity index (χ0n) is 18.7. The lowest BCUT2D eigenvalue weighted by Gasteiger charge is -2.54. The van der Waals surface area contributed by atoms with Crippen molar-refractivity contribution in [2.24, 2.45) is 5.92 Å². The fourth-order valence-corrected chi connectivity index (χ4v) is 4.70. The molecule has 0 spiro atoms. The number of carbonyl (C=O) groups is 1. The minimum Gasteiger partial charge on any atom is -0.423 e. The largest absolute Gasteiger partial charge is 0.423 e. The molecule has 1 saturated heterocycles. The maximum atomic E-state index is 13.6. The lowest BCUT2D eigenvalue weighted by Crippen LogP contribution is -2.60. The monoisotopic (exact) mass is 488 g/mol. The Balaban J connectivity index is 1.47. The molecule has 4 heterocycles. The van der Waals surface area contributed by atoms with Crippen molar-refractivity contribution in [3.8, 4) is 11.4 Å². The van der Waals surface area contributed by atoms with Crippen molar-refractivity contribution < 1.29 is 26.8 Å². The third-order valence-electron chi connectivity index (χ3n) is 6.30. The van der Waals surface area contributed by atoms with E-state index in [2.05, 4.69) is 32.4 Å². The lowest BCUT2D eigenvalue weighted by molar-refractivity contribution is -0.137. The molecule has 2 amide bonds. The Morgan fingerprint density at radius 3 is 2.63 bits per heavy atom. The number of nitrogens with zero attached hydrogens (tertiary/aromatic N) is 5. The number of nitrogens with one attached hydrogen (secondary N) is 1. The van der Waals surface area contributed by atoms with E-state index in [0.29, 0.717) is 30.5 Å². The third kappa shape index (κ3) is 3.92. The molecule has 182 valence electrons. The van der Waals surface area contributed by atoms with Crippen LogP contribution >= 0.6 is 0 Å². The molecule has 1 aromatic carbocycles. The molecular weight excluding hydrogens is 468 g/mol. The van der Waals surface area contributed by atoms with Gasteiger partial charge in [-0.25, -0.2) is 19.2 Å². The maximum absolute atomic E-state index is 13.6. The van der Waals surface area contributed by atoms with Crippen molar-refractivity contribution in [1.29, 1.82) is 0 Å². The normalized spacial score (nSPS) is 21.4. The third-order valence-corrected chi connectivity index (χ3v) is 6.30. The Kier molecular flexibility index (Phi) is 5.33. The summed E-state index contributed by atoms with van der Waals surface area (Å²) in [6.07, 6.45) is 0.954. The van der Waals surface area contributed by atoms with Gasteiger partial charge in [0.05, 0.1) is 18.0 Å². The van der Waals surface area contributed by atoms with Gasteiger partial charge in [-0.3, -0.25) is 4.90 Å². The van der Waals surface area contributed by atoms with Crippen molar-refractivity contribution in [2.45, 2.75) is 44.8 Å². The highest BCUT2D eigenvalue weighted by atomic mass is 19.4. The van der Waals surface area contributed by atoms with Crippen molar-refractivity contribution in [3.05, 3.63) is 65.5 Å². The molecule has 12 heteroatoms. The molecule has 1 fully saturated rings. The van der Waals surface area contributed by atoms with Gasteiger partial charge in [-0.1, -0.05) is 13.3 Å². The van der Waals surface area contributed by atoms with Crippen LogP contribution in [0.1, 0.15) is 43.5 Å². The van der Waals surface area contributed by atoms with Crippen LogP contribution in [-0.2, 0) is 11.7 Å². The number of urea groups is 1. The van der Waals surface area contributed by atoms with Crippen LogP contribution in [0.15, 0.2) is 46.8 Å². The molecule has 35 heavy (non-hydrogen) atoms. The number of anilines is 1. The Morgan fingerprint density at radius 1 is 1.26 bits per heavy atom. The highest BCUT2D eigenvalue weighted by Crippen LogP contribution is 2.54. The Hall–Kier alpha value is -3.83. The van der Waals surface area contributed by atoms with Crippen LogP contribution < -0.4 is 5.32 Å². The van der Waals surface area contributed by atoms with E-state index in [9.17, 15) is 22.4 Å². The number of fused-ring (bicyclic) bond motifs is 2. The first-order valence-electron chi connectivity index (χ1n) is 10.9. The predicted octanol–water partition coefficient (Wildman–Crippen LogP) is 5.44. The Labute approximate surface area is 197 Å². The van der Waals surface area contributed by atoms with Gasteiger partial charge in [-0.15, -0.1) is 10.2 Å². The van der Waals surface area contributed by atoms with Gasteiger partial charge in [-0.2, -0.15) is 13.2 Å². The number of alkyl halides is 3. The fourth-order valence-electron chi connectivity index (χ4n) is 4.70. The number of hydrogen-bond acceptors (Lipinski definition) is 6. The van der Waals surface area contributed by atoms with Crippen LogP contribution in [0.25, 0.3) is 11.4 Å². The van der Waals surface area contributed by atoms with E-state index >= 15 is 0 Å². The molecule has 0 saturated carbocycles. The predicted molar refractivity (Wildman–Crippen MR) is 115 cm³/mol. The topological polar surface area (TPSA) is 97.0 Å². The van der Waals surface area contributed by atoms with E-state index in [0.717, 1.165) is 42.7 Å². The molecule has 2 bridgehead atoms. The first-order chi connectivity index (χ1) is 16.6. The minimum atomic E-state index is -4.70. The number of aryl methyl sites for hydroxylation is 1. The van der Waals surface area contributed by atoms with E-state index < -0.39 is 29.1 Å². The molecule has 1 aliphatic carbocycles. The second kappa shape index (κ2) is 8.14. The van der Waals surface area contributed by atoms with Gasteiger partial charge in [0.25, 0.3) is 0 Å². The Morgan fingerprint density at radius 2 is 2.00 bits per heavy atom. The number of rotatable bonds is 4. The maximum Gasteiger partial charge on any atom is 0.417 e. The highest BCUT2D eigenvalue weighted by Gasteiger charge is 2.57. The molecule has 8 nitrogen and oxygen atoms in total. The van der Waals surface area contributed by atoms with Gasteiger partial charge in [-0.05, 0) is 43.0 Å². The standard InChI is InChI=1S/C23H20F4N6O2/c1-3-13-6-16-9-22(8-13,20-32-31-12(2)35-20)33(16)21(34)30-15-4-5-18(23(25,26)27)17(7-15)19-28-10-14(24)11-29-19/h4-5,7,9-11,13H,3,6,8H2,1-2H3,(H,30,34)/t13-,22+/m1/s1. The lowest BCUT2D eigenvalue weighted by atomic mass is 9.70. The van der Waals surface area contributed by atoms with Gasteiger partial charge < -0.3 is 9.73 Å². The summed E-state index contributed by atoms with van der Waals surface area (Å²) in [5.41, 5.74) is -1.42. The zero-order chi connectivity index (χ0) is 25.0. The summed E-state index contributed by atoms with van der Waals surface area (Å²) in [4.78, 5) is 22.2. The van der Waals surface area contributed by atoms with Crippen molar-refractivity contribution >= 4 is 11.7 Å². The minimum absolute atomic E-state index is 0.0976.